The first-order valence-corrected chi connectivity index (χ1v) is 9.41. The predicted octanol–water partition coefficient (Wildman–Crippen LogP) is 2.85. The molecule has 2 rings (SSSR count). The Morgan fingerprint density at radius 1 is 1.19 bits per heavy atom. The van der Waals surface area contributed by atoms with Crippen molar-refractivity contribution < 1.29 is 19.0 Å². The molecule has 6 heteroatoms. The predicted molar refractivity (Wildman–Crippen MR) is 102 cm³/mol. The maximum atomic E-state index is 11.6. The zero-order valence-corrected chi connectivity index (χ0v) is 16.3. The van der Waals surface area contributed by atoms with E-state index in [2.05, 4.69) is 10.2 Å². The number of nitrogens with one attached hydrogen (secondary N) is 1. The van der Waals surface area contributed by atoms with Crippen LogP contribution < -0.4 is 10.1 Å². The Labute approximate surface area is 156 Å². The number of amides is 1. The molecule has 0 aromatic heterocycles. The van der Waals surface area contributed by atoms with Gasteiger partial charge in [0.25, 0.3) is 0 Å². The van der Waals surface area contributed by atoms with Gasteiger partial charge in [0.1, 0.15) is 11.4 Å². The molecule has 26 heavy (non-hydrogen) atoms. The fourth-order valence-corrected chi connectivity index (χ4v) is 2.68. The lowest BCUT2D eigenvalue weighted by Crippen LogP contribution is -2.37. The Balaban J connectivity index is 1.59. The van der Waals surface area contributed by atoms with Gasteiger partial charge in [0.2, 0.25) is 0 Å². The van der Waals surface area contributed by atoms with Gasteiger partial charge in [-0.25, -0.2) is 4.79 Å². The molecule has 1 saturated heterocycles. The van der Waals surface area contributed by atoms with Gasteiger partial charge in [-0.3, -0.25) is 4.90 Å². The van der Waals surface area contributed by atoms with Crippen LogP contribution in [0.15, 0.2) is 24.3 Å². The first-order valence-electron chi connectivity index (χ1n) is 9.41. The smallest absolute Gasteiger partial charge is 0.407 e. The highest BCUT2D eigenvalue weighted by Gasteiger charge is 2.15. The zero-order chi connectivity index (χ0) is 18.8. The fourth-order valence-electron chi connectivity index (χ4n) is 2.68. The number of benzene rings is 1. The van der Waals surface area contributed by atoms with E-state index in [4.69, 9.17) is 14.2 Å². The molecule has 0 spiro atoms. The van der Waals surface area contributed by atoms with E-state index in [9.17, 15) is 4.79 Å². The second kappa shape index (κ2) is 10.4. The summed E-state index contributed by atoms with van der Waals surface area (Å²) in [5.41, 5.74) is 0.687. The van der Waals surface area contributed by atoms with Crippen molar-refractivity contribution in [1.29, 1.82) is 0 Å². The molecule has 1 aromatic carbocycles. The van der Waals surface area contributed by atoms with Crippen LogP contribution in [0.25, 0.3) is 0 Å². The minimum absolute atomic E-state index is 0.377. The number of morpholine rings is 1. The summed E-state index contributed by atoms with van der Waals surface area (Å²) >= 11 is 0. The van der Waals surface area contributed by atoms with Gasteiger partial charge < -0.3 is 19.5 Å². The molecule has 0 bridgehead atoms. The maximum Gasteiger partial charge on any atom is 0.407 e. The number of carbonyl (C=O) groups is 1. The van der Waals surface area contributed by atoms with E-state index in [1.54, 1.807) is 0 Å². The molecule has 0 radical (unpaired) electrons. The minimum atomic E-state index is -0.467. The van der Waals surface area contributed by atoms with Crippen LogP contribution in [0.4, 0.5) is 4.79 Å². The molecule has 1 fully saturated rings. The molecule has 6 nitrogen and oxygen atoms in total. The molecule has 0 saturated carbocycles. The fraction of sp³-hybridized carbons (Fsp3) is 0.650. The van der Waals surface area contributed by atoms with E-state index in [1.165, 1.54) is 0 Å². The monoisotopic (exact) mass is 364 g/mol. The van der Waals surface area contributed by atoms with Crippen LogP contribution in [0, 0.1) is 0 Å². The molecule has 0 atom stereocenters. The lowest BCUT2D eigenvalue weighted by molar-refractivity contribution is 0.0358. The van der Waals surface area contributed by atoms with E-state index >= 15 is 0 Å². The number of hydrogen-bond donors (Lipinski definition) is 1. The average molecular weight is 364 g/mol. The van der Waals surface area contributed by atoms with Crippen LogP contribution >= 0.6 is 0 Å². The summed E-state index contributed by atoms with van der Waals surface area (Å²) in [6.07, 6.45) is 1.40. The Kier molecular flexibility index (Phi) is 8.19. The first-order chi connectivity index (χ1) is 12.4. The van der Waals surface area contributed by atoms with Crippen LogP contribution in [-0.4, -0.2) is 62.6 Å². The van der Waals surface area contributed by atoms with E-state index < -0.39 is 5.60 Å². The summed E-state index contributed by atoms with van der Waals surface area (Å²) in [5, 5.41) is 2.77. The van der Waals surface area contributed by atoms with E-state index in [0.717, 1.165) is 63.6 Å². The molecule has 1 amide bonds. The van der Waals surface area contributed by atoms with Gasteiger partial charge in [-0.15, -0.1) is 0 Å². The first kappa shape index (κ1) is 20.5. The van der Waals surface area contributed by atoms with Crippen LogP contribution in [0.5, 0.6) is 5.75 Å². The van der Waals surface area contributed by atoms with Crippen molar-refractivity contribution in [2.45, 2.75) is 39.2 Å². The second-order valence-electron chi connectivity index (χ2n) is 7.48. The SMILES string of the molecule is CC(C)(C)OC(=O)NCCc1ccc(OCCCN2CCOCC2)cc1. The molecule has 1 aromatic rings. The number of hydrogen-bond acceptors (Lipinski definition) is 5. The molecule has 1 N–H and O–H groups in total. The number of carbonyl (C=O) groups excluding carboxylic acids is 1. The Hall–Kier alpha value is -1.79. The highest BCUT2D eigenvalue weighted by atomic mass is 16.6. The summed E-state index contributed by atoms with van der Waals surface area (Å²) in [6.45, 7) is 11.6. The third kappa shape index (κ3) is 8.54. The van der Waals surface area contributed by atoms with E-state index in [1.807, 2.05) is 45.0 Å². The van der Waals surface area contributed by atoms with Gasteiger partial charge in [-0.2, -0.15) is 0 Å². The number of ether oxygens (including phenoxy) is 3. The van der Waals surface area contributed by atoms with E-state index in [-0.39, 0.29) is 6.09 Å². The lowest BCUT2D eigenvalue weighted by atomic mass is 10.1. The average Bonchev–Trinajstić information content (AvgIpc) is 2.59. The molecular formula is C20H32N2O4. The van der Waals surface area contributed by atoms with Gasteiger partial charge in [-0.05, 0) is 51.3 Å². The van der Waals surface area contributed by atoms with Gasteiger partial charge in [0.05, 0.1) is 19.8 Å². The third-order valence-corrected chi connectivity index (χ3v) is 4.00. The van der Waals surface area contributed by atoms with Crippen molar-refractivity contribution >= 4 is 6.09 Å². The van der Waals surface area contributed by atoms with Crippen molar-refractivity contribution in [3.8, 4) is 5.75 Å². The van der Waals surface area contributed by atoms with Gasteiger partial charge >= 0.3 is 6.09 Å². The van der Waals surface area contributed by atoms with Crippen molar-refractivity contribution in [3.63, 3.8) is 0 Å². The normalized spacial score (nSPS) is 15.5. The summed E-state index contributed by atoms with van der Waals surface area (Å²) in [7, 11) is 0. The minimum Gasteiger partial charge on any atom is -0.494 e. The molecule has 1 aliphatic rings. The lowest BCUT2D eigenvalue weighted by Gasteiger charge is -2.26. The van der Waals surface area contributed by atoms with Crippen molar-refractivity contribution in [2.75, 3.05) is 46.0 Å². The zero-order valence-electron chi connectivity index (χ0n) is 16.3. The maximum absolute atomic E-state index is 11.6. The molecule has 0 aliphatic carbocycles. The standard InChI is InChI=1S/C20H32N2O4/c1-20(2,3)26-19(23)21-10-9-17-5-7-18(8-6-17)25-14-4-11-22-12-15-24-16-13-22/h5-8H,4,9-16H2,1-3H3,(H,21,23). The Bertz CT molecular complexity index is 534. The third-order valence-electron chi connectivity index (χ3n) is 4.00. The number of nitrogens with zero attached hydrogens (tertiary/aromatic N) is 1. The van der Waals surface area contributed by atoms with Crippen LogP contribution in [0.1, 0.15) is 32.8 Å². The second-order valence-corrected chi connectivity index (χ2v) is 7.48. The highest BCUT2D eigenvalue weighted by molar-refractivity contribution is 5.67. The topological polar surface area (TPSA) is 60.0 Å². The quantitative estimate of drug-likeness (QED) is 0.719. The molecule has 0 unspecified atom stereocenters. The van der Waals surface area contributed by atoms with Crippen LogP contribution in [0.3, 0.4) is 0 Å². The summed E-state index contributed by atoms with van der Waals surface area (Å²) in [6, 6.07) is 8.04. The molecular weight excluding hydrogens is 332 g/mol. The summed E-state index contributed by atoms with van der Waals surface area (Å²) in [4.78, 5) is 14.0. The molecule has 1 heterocycles. The van der Waals surface area contributed by atoms with Crippen LogP contribution in [-0.2, 0) is 15.9 Å². The molecule has 1 aliphatic heterocycles. The van der Waals surface area contributed by atoms with Gasteiger partial charge in [0, 0.05) is 26.2 Å². The van der Waals surface area contributed by atoms with Crippen molar-refractivity contribution in [2.24, 2.45) is 0 Å². The summed E-state index contributed by atoms with van der Waals surface area (Å²) in [5.74, 6) is 0.885. The van der Waals surface area contributed by atoms with Gasteiger partial charge in [-0.1, -0.05) is 12.1 Å². The van der Waals surface area contributed by atoms with Gasteiger partial charge in [0.15, 0.2) is 0 Å². The Morgan fingerprint density at radius 2 is 1.88 bits per heavy atom. The molecule has 146 valence electrons. The van der Waals surface area contributed by atoms with Crippen LogP contribution in [0.2, 0.25) is 0 Å². The Morgan fingerprint density at radius 3 is 2.54 bits per heavy atom. The van der Waals surface area contributed by atoms with E-state index in [0.29, 0.717) is 6.54 Å². The van der Waals surface area contributed by atoms with Crippen molar-refractivity contribution in [1.82, 2.24) is 10.2 Å². The van der Waals surface area contributed by atoms with Crippen molar-refractivity contribution in [3.05, 3.63) is 29.8 Å². The largest absolute Gasteiger partial charge is 0.494 e. The highest BCUT2D eigenvalue weighted by Crippen LogP contribution is 2.13. The summed E-state index contributed by atoms with van der Waals surface area (Å²) < 4.78 is 16.4. The number of alkyl carbamates (subject to hydrolysis) is 1. The number of rotatable bonds is 8.